The molecular weight excluding hydrogens is 160 g/mol. The zero-order chi connectivity index (χ0) is 9.14. The number of rotatable bonds is 3. The van der Waals surface area contributed by atoms with E-state index in [0.29, 0.717) is 13.0 Å². The summed E-state index contributed by atoms with van der Waals surface area (Å²) < 4.78 is 0. The minimum Gasteiger partial charge on any atom is -0.396 e. The smallest absolute Gasteiger partial charge is 0.326 e. The van der Waals surface area contributed by atoms with Crippen molar-refractivity contribution in [2.75, 3.05) is 26.7 Å². The molecule has 0 bridgehead atoms. The third-order valence-corrected chi connectivity index (χ3v) is 1.84. The topological polar surface area (TPSA) is 60.9 Å². The van der Waals surface area contributed by atoms with Crippen molar-refractivity contribution in [3.8, 4) is 0 Å². The number of nitrogens with zero attached hydrogens (tertiary/aromatic N) is 2. The third-order valence-electron chi connectivity index (χ3n) is 1.84. The van der Waals surface area contributed by atoms with Crippen LogP contribution in [0.5, 0.6) is 0 Å². The first-order chi connectivity index (χ1) is 5.66. The van der Waals surface area contributed by atoms with Gasteiger partial charge in [-0.1, -0.05) is 0 Å². The maximum Gasteiger partial charge on any atom is 0.326 e. The van der Waals surface area contributed by atoms with Gasteiger partial charge in [0.1, 0.15) is 6.54 Å². The molecule has 1 saturated heterocycles. The van der Waals surface area contributed by atoms with Crippen molar-refractivity contribution in [2.24, 2.45) is 0 Å². The lowest BCUT2D eigenvalue weighted by Crippen LogP contribution is -2.30. The Hall–Kier alpha value is -1.10. The SMILES string of the molecule is CN1C(=O)CN(CCCO)C1=O. The second kappa shape index (κ2) is 3.53. The van der Waals surface area contributed by atoms with Gasteiger partial charge in [0.2, 0.25) is 5.91 Å². The number of imide groups is 1. The molecule has 1 aliphatic heterocycles. The number of hydrogen-bond donors (Lipinski definition) is 1. The normalized spacial score (nSPS) is 17.8. The summed E-state index contributed by atoms with van der Waals surface area (Å²) in [6.45, 7) is 0.641. The monoisotopic (exact) mass is 172 g/mol. The van der Waals surface area contributed by atoms with Gasteiger partial charge in [-0.3, -0.25) is 9.69 Å². The minimum absolute atomic E-state index is 0.0433. The Morgan fingerprint density at radius 2 is 2.17 bits per heavy atom. The van der Waals surface area contributed by atoms with Gasteiger partial charge in [0.15, 0.2) is 0 Å². The van der Waals surface area contributed by atoms with Crippen LogP contribution in [-0.4, -0.2) is 53.6 Å². The predicted octanol–water partition coefficient (Wildman–Crippen LogP) is -0.737. The molecule has 0 spiro atoms. The van der Waals surface area contributed by atoms with Crippen LogP contribution in [-0.2, 0) is 4.79 Å². The molecule has 1 aliphatic rings. The van der Waals surface area contributed by atoms with Gasteiger partial charge >= 0.3 is 6.03 Å². The predicted molar refractivity (Wildman–Crippen MR) is 41.4 cm³/mol. The van der Waals surface area contributed by atoms with Gasteiger partial charge in [-0.2, -0.15) is 0 Å². The van der Waals surface area contributed by atoms with Crippen molar-refractivity contribution in [2.45, 2.75) is 6.42 Å². The van der Waals surface area contributed by atoms with Crippen LogP contribution in [0, 0.1) is 0 Å². The van der Waals surface area contributed by atoms with E-state index >= 15 is 0 Å². The summed E-state index contributed by atoms with van der Waals surface area (Å²) in [5.74, 6) is -0.182. The number of carbonyl (C=O) groups is 2. The molecule has 1 rings (SSSR count). The van der Waals surface area contributed by atoms with E-state index in [1.165, 1.54) is 11.9 Å². The molecule has 0 aromatic carbocycles. The number of carbonyl (C=O) groups excluding carboxylic acids is 2. The number of aliphatic hydroxyl groups excluding tert-OH is 1. The second-order valence-corrected chi connectivity index (χ2v) is 2.73. The maximum atomic E-state index is 11.2. The lowest BCUT2D eigenvalue weighted by molar-refractivity contribution is -0.124. The molecule has 12 heavy (non-hydrogen) atoms. The van der Waals surface area contributed by atoms with Gasteiger partial charge in [-0.05, 0) is 6.42 Å². The Balaban J connectivity index is 2.47. The molecule has 0 radical (unpaired) electrons. The molecule has 68 valence electrons. The van der Waals surface area contributed by atoms with Crippen LogP contribution in [0.2, 0.25) is 0 Å². The Morgan fingerprint density at radius 3 is 2.58 bits per heavy atom. The zero-order valence-electron chi connectivity index (χ0n) is 6.99. The highest BCUT2D eigenvalue weighted by Gasteiger charge is 2.31. The molecule has 0 saturated carbocycles. The fourth-order valence-corrected chi connectivity index (χ4v) is 1.09. The highest BCUT2D eigenvalue weighted by Crippen LogP contribution is 2.07. The molecule has 0 atom stereocenters. The van der Waals surface area contributed by atoms with Crippen LogP contribution >= 0.6 is 0 Å². The molecule has 5 nitrogen and oxygen atoms in total. The van der Waals surface area contributed by atoms with E-state index in [0.717, 1.165) is 4.90 Å². The molecule has 1 N–H and O–H groups in total. The van der Waals surface area contributed by atoms with E-state index in [-0.39, 0.29) is 25.1 Å². The van der Waals surface area contributed by atoms with Crippen LogP contribution < -0.4 is 0 Å². The summed E-state index contributed by atoms with van der Waals surface area (Å²) in [5.41, 5.74) is 0. The Bertz CT molecular complexity index is 205. The number of likely N-dealkylation sites (N-methyl/N-ethyl adjacent to an activating group) is 1. The first kappa shape index (κ1) is 8.99. The number of amides is 3. The fraction of sp³-hybridized carbons (Fsp3) is 0.714. The molecule has 1 heterocycles. The highest BCUT2D eigenvalue weighted by atomic mass is 16.3. The van der Waals surface area contributed by atoms with Crippen molar-refractivity contribution < 1.29 is 14.7 Å². The molecule has 1 fully saturated rings. The van der Waals surface area contributed by atoms with Crippen molar-refractivity contribution in [1.82, 2.24) is 9.80 Å². The summed E-state index contributed by atoms with van der Waals surface area (Å²) in [7, 11) is 1.46. The Morgan fingerprint density at radius 1 is 1.50 bits per heavy atom. The van der Waals surface area contributed by atoms with E-state index in [4.69, 9.17) is 5.11 Å². The van der Waals surface area contributed by atoms with Gasteiger partial charge in [0.05, 0.1) is 0 Å². The summed E-state index contributed by atoms with van der Waals surface area (Å²) in [4.78, 5) is 24.7. The molecule has 0 unspecified atom stereocenters. The van der Waals surface area contributed by atoms with E-state index in [2.05, 4.69) is 0 Å². The Labute approximate surface area is 70.6 Å². The maximum absolute atomic E-state index is 11.2. The van der Waals surface area contributed by atoms with Crippen molar-refractivity contribution in [3.63, 3.8) is 0 Å². The lowest BCUT2D eigenvalue weighted by atomic mass is 10.4. The standard InChI is InChI=1S/C7H12N2O3/c1-8-6(11)5-9(7(8)12)3-2-4-10/h10H,2-5H2,1H3. The van der Waals surface area contributed by atoms with Crippen molar-refractivity contribution in [3.05, 3.63) is 0 Å². The molecule has 0 aromatic rings. The van der Waals surface area contributed by atoms with E-state index < -0.39 is 0 Å². The van der Waals surface area contributed by atoms with Crippen molar-refractivity contribution in [1.29, 1.82) is 0 Å². The molecule has 0 aliphatic carbocycles. The zero-order valence-corrected chi connectivity index (χ0v) is 6.99. The number of urea groups is 1. The van der Waals surface area contributed by atoms with Gasteiger partial charge in [-0.25, -0.2) is 4.79 Å². The summed E-state index contributed by atoms with van der Waals surface area (Å²) in [6.07, 6.45) is 0.521. The molecular formula is C7H12N2O3. The first-order valence-corrected chi connectivity index (χ1v) is 3.83. The number of hydrogen-bond acceptors (Lipinski definition) is 3. The molecule has 5 heteroatoms. The van der Waals surface area contributed by atoms with Crippen LogP contribution in [0.3, 0.4) is 0 Å². The quantitative estimate of drug-likeness (QED) is 0.570. The molecule has 0 aromatic heterocycles. The second-order valence-electron chi connectivity index (χ2n) is 2.73. The summed E-state index contributed by atoms with van der Waals surface area (Å²) in [5, 5.41) is 8.51. The minimum atomic E-state index is -0.270. The van der Waals surface area contributed by atoms with Gasteiger partial charge in [0.25, 0.3) is 0 Å². The Kier molecular flexibility index (Phi) is 2.65. The van der Waals surface area contributed by atoms with E-state index in [1.54, 1.807) is 0 Å². The lowest BCUT2D eigenvalue weighted by Gasteiger charge is -2.12. The first-order valence-electron chi connectivity index (χ1n) is 3.83. The summed E-state index contributed by atoms with van der Waals surface area (Å²) >= 11 is 0. The largest absolute Gasteiger partial charge is 0.396 e. The van der Waals surface area contributed by atoms with Crippen molar-refractivity contribution >= 4 is 11.9 Å². The average Bonchev–Trinajstić information content (AvgIpc) is 2.30. The van der Waals surface area contributed by atoms with Crippen LogP contribution in [0.4, 0.5) is 4.79 Å². The van der Waals surface area contributed by atoms with E-state index in [9.17, 15) is 9.59 Å². The van der Waals surface area contributed by atoms with Crippen LogP contribution in [0.15, 0.2) is 0 Å². The molecule has 3 amide bonds. The van der Waals surface area contributed by atoms with Gasteiger partial charge in [0, 0.05) is 20.2 Å². The van der Waals surface area contributed by atoms with Crippen LogP contribution in [0.1, 0.15) is 6.42 Å². The summed E-state index contributed by atoms with van der Waals surface area (Å²) in [6, 6.07) is -0.270. The number of aliphatic hydroxyl groups is 1. The van der Waals surface area contributed by atoms with Crippen LogP contribution in [0.25, 0.3) is 0 Å². The average molecular weight is 172 g/mol. The van der Waals surface area contributed by atoms with E-state index in [1.807, 2.05) is 0 Å². The fourth-order valence-electron chi connectivity index (χ4n) is 1.09. The van der Waals surface area contributed by atoms with Gasteiger partial charge in [-0.15, -0.1) is 0 Å². The van der Waals surface area contributed by atoms with Gasteiger partial charge < -0.3 is 10.0 Å². The third kappa shape index (κ3) is 1.55. The highest BCUT2D eigenvalue weighted by molar-refractivity contribution is 6.01.